The van der Waals surface area contributed by atoms with E-state index in [0.717, 1.165) is 0 Å². The van der Waals surface area contributed by atoms with Crippen LogP contribution in [0.5, 0.6) is 5.75 Å². The average Bonchev–Trinajstić information content (AvgIpc) is 2.80. The van der Waals surface area contributed by atoms with Gasteiger partial charge in [0.15, 0.2) is 0 Å². The van der Waals surface area contributed by atoms with Gasteiger partial charge in [-0.2, -0.15) is 5.10 Å². The van der Waals surface area contributed by atoms with Crippen molar-refractivity contribution in [2.45, 2.75) is 20.1 Å². The highest BCUT2D eigenvalue weighted by molar-refractivity contribution is 5.88. The highest BCUT2D eigenvalue weighted by Crippen LogP contribution is 2.14. The van der Waals surface area contributed by atoms with Gasteiger partial charge >= 0.3 is 5.97 Å². The molecule has 18 heavy (non-hydrogen) atoms. The van der Waals surface area contributed by atoms with E-state index in [0.29, 0.717) is 18.0 Å². The molecule has 0 spiro atoms. The van der Waals surface area contributed by atoms with Crippen LogP contribution in [0, 0.1) is 0 Å². The van der Waals surface area contributed by atoms with Gasteiger partial charge in [-0.25, -0.2) is 4.79 Å². The fraction of sp³-hybridized carbons (Fsp3) is 0.250. The number of aromatic carboxylic acids is 1. The third-order valence-electron chi connectivity index (χ3n) is 2.49. The van der Waals surface area contributed by atoms with Crippen molar-refractivity contribution in [2.24, 2.45) is 0 Å². The maximum absolute atomic E-state index is 11.0. The van der Waals surface area contributed by atoms with Crippen LogP contribution in [-0.4, -0.2) is 25.8 Å². The van der Waals surface area contributed by atoms with Crippen LogP contribution in [-0.2, 0) is 13.2 Å². The topological polar surface area (TPSA) is 77.2 Å². The van der Waals surface area contributed by atoms with Gasteiger partial charge in [-0.1, -0.05) is 0 Å². The highest BCUT2D eigenvalue weighted by Gasteiger charge is 2.16. The maximum Gasteiger partial charge on any atom is 0.339 e. The second-order valence-corrected chi connectivity index (χ2v) is 3.60. The molecule has 0 aliphatic heterocycles. The quantitative estimate of drug-likeness (QED) is 0.867. The third-order valence-corrected chi connectivity index (χ3v) is 2.49. The molecule has 1 N–H and O–H groups in total. The first kappa shape index (κ1) is 12.1. The van der Waals surface area contributed by atoms with Gasteiger partial charge in [-0.05, 0) is 19.1 Å². The molecule has 0 aromatic carbocycles. The summed E-state index contributed by atoms with van der Waals surface area (Å²) in [5.74, 6) is -0.405. The fourth-order valence-electron chi connectivity index (χ4n) is 1.60. The smallest absolute Gasteiger partial charge is 0.339 e. The van der Waals surface area contributed by atoms with Crippen molar-refractivity contribution in [3.63, 3.8) is 0 Å². The normalized spacial score (nSPS) is 10.3. The van der Waals surface area contributed by atoms with Gasteiger partial charge < -0.3 is 9.84 Å². The van der Waals surface area contributed by atoms with E-state index in [1.54, 1.807) is 29.2 Å². The summed E-state index contributed by atoms with van der Waals surface area (Å²) in [6.07, 6.45) is 4.56. The average molecular weight is 247 g/mol. The van der Waals surface area contributed by atoms with Crippen molar-refractivity contribution in [3.8, 4) is 5.75 Å². The SMILES string of the molecule is CCn1ncc(C(=O)O)c1COc1cccnc1. The molecular formula is C12H13N3O3. The fourth-order valence-corrected chi connectivity index (χ4v) is 1.60. The van der Waals surface area contributed by atoms with Gasteiger partial charge in [0.2, 0.25) is 0 Å². The van der Waals surface area contributed by atoms with Gasteiger partial charge in [0.25, 0.3) is 0 Å². The van der Waals surface area contributed by atoms with Crippen LogP contribution in [0.4, 0.5) is 0 Å². The zero-order chi connectivity index (χ0) is 13.0. The summed E-state index contributed by atoms with van der Waals surface area (Å²) in [5.41, 5.74) is 0.717. The molecule has 0 atom stereocenters. The second-order valence-electron chi connectivity index (χ2n) is 3.60. The number of hydrogen-bond acceptors (Lipinski definition) is 4. The van der Waals surface area contributed by atoms with E-state index in [-0.39, 0.29) is 12.2 Å². The summed E-state index contributed by atoms with van der Waals surface area (Å²) in [7, 11) is 0. The molecule has 6 heteroatoms. The number of aryl methyl sites for hydroxylation is 1. The Morgan fingerprint density at radius 1 is 1.50 bits per heavy atom. The number of nitrogens with zero attached hydrogens (tertiary/aromatic N) is 3. The highest BCUT2D eigenvalue weighted by atomic mass is 16.5. The predicted octanol–water partition coefficient (Wildman–Crippen LogP) is 1.58. The van der Waals surface area contributed by atoms with E-state index >= 15 is 0 Å². The maximum atomic E-state index is 11.0. The van der Waals surface area contributed by atoms with Gasteiger partial charge in [-0.15, -0.1) is 0 Å². The lowest BCUT2D eigenvalue weighted by Gasteiger charge is -2.08. The zero-order valence-electron chi connectivity index (χ0n) is 9.91. The van der Waals surface area contributed by atoms with Gasteiger partial charge in [0.05, 0.1) is 18.1 Å². The lowest BCUT2D eigenvalue weighted by molar-refractivity contribution is 0.0693. The molecule has 94 valence electrons. The van der Waals surface area contributed by atoms with E-state index in [1.807, 2.05) is 6.92 Å². The summed E-state index contributed by atoms with van der Waals surface area (Å²) >= 11 is 0. The molecule has 0 saturated heterocycles. The summed E-state index contributed by atoms with van der Waals surface area (Å²) in [6.45, 7) is 2.65. The van der Waals surface area contributed by atoms with Crippen molar-refractivity contribution in [1.29, 1.82) is 0 Å². The number of aromatic nitrogens is 3. The van der Waals surface area contributed by atoms with E-state index in [2.05, 4.69) is 10.1 Å². The molecule has 0 amide bonds. The van der Waals surface area contributed by atoms with Gasteiger partial charge in [0, 0.05) is 12.7 Å². The van der Waals surface area contributed by atoms with Crippen molar-refractivity contribution < 1.29 is 14.6 Å². The molecule has 2 aromatic rings. The zero-order valence-corrected chi connectivity index (χ0v) is 9.91. The Hall–Kier alpha value is -2.37. The monoisotopic (exact) mass is 247 g/mol. The molecule has 2 rings (SSSR count). The molecular weight excluding hydrogens is 234 g/mol. The molecule has 0 aliphatic rings. The Morgan fingerprint density at radius 3 is 2.94 bits per heavy atom. The number of pyridine rings is 1. The number of carboxylic acids is 1. The van der Waals surface area contributed by atoms with Gasteiger partial charge in [-0.3, -0.25) is 9.67 Å². The standard InChI is InChI=1S/C12H13N3O3/c1-2-15-11(10(7-14-15)12(16)17)8-18-9-4-3-5-13-6-9/h3-7H,2,8H2,1H3,(H,16,17). The molecule has 0 fully saturated rings. The molecule has 6 nitrogen and oxygen atoms in total. The van der Waals surface area contributed by atoms with E-state index in [9.17, 15) is 4.79 Å². The summed E-state index contributed by atoms with van der Waals surface area (Å²) < 4.78 is 7.11. The largest absolute Gasteiger partial charge is 0.486 e. The van der Waals surface area contributed by atoms with Crippen LogP contribution in [0.3, 0.4) is 0 Å². The van der Waals surface area contributed by atoms with Crippen LogP contribution >= 0.6 is 0 Å². The second kappa shape index (κ2) is 5.31. The molecule has 2 aromatic heterocycles. The number of carboxylic acid groups (broad SMARTS) is 1. The lowest BCUT2D eigenvalue weighted by atomic mass is 10.2. The number of carbonyl (C=O) groups is 1. The Balaban J connectivity index is 2.17. The van der Waals surface area contributed by atoms with Crippen molar-refractivity contribution in [3.05, 3.63) is 42.0 Å². The number of ether oxygens (including phenoxy) is 1. The van der Waals surface area contributed by atoms with Gasteiger partial charge in [0.1, 0.15) is 17.9 Å². The van der Waals surface area contributed by atoms with Crippen LogP contribution in [0.15, 0.2) is 30.7 Å². The van der Waals surface area contributed by atoms with Crippen molar-refractivity contribution in [1.82, 2.24) is 14.8 Å². The molecule has 0 radical (unpaired) electrons. The summed E-state index contributed by atoms with van der Waals surface area (Å²) in [4.78, 5) is 15.0. The third kappa shape index (κ3) is 2.48. The molecule has 0 saturated carbocycles. The molecule has 0 bridgehead atoms. The number of rotatable bonds is 5. The van der Waals surface area contributed by atoms with Crippen LogP contribution in [0.1, 0.15) is 23.0 Å². The summed E-state index contributed by atoms with van der Waals surface area (Å²) in [5, 5.41) is 13.1. The lowest BCUT2D eigenvalue weighted by Crippen LogP contribution is -2.10. The first-order valence-electron chi connectivity index (χ1n) is 5.53. The van der Waals surface area contributed by atoms with Crippen LogP contribution in [0.25, 0.3) is 0 Å². The molecule has 2 heterocycles. The van der Waals surface area contributed by atoms with E-state index < -0.39 is 5.97 Å². The molecule has 0 aliphatic carbocycles. The summed E-state index contributed by atoms with van der Waals surface area (Å²) in [6, 6.07) is 3.52. The van der Waals surface area contributed by atoms with Crippen LogP contribution < -0.4 is 4.74 Å². The van der Waals surface area contributed by atoms with E-state index in [1.165, 1.54) is 6.20 Å². The Bertz CT molecular complexity index is 537. The number of hydrogen-bond donors (Lipinski definition) is 1. The Morgan fingerprint density at radius 2 is 2.33 bits per heavy atom. The first-order valence-corrected chi connectivity index (χ1v) is 5.53. The van der Waals surface area contributed by atoms with E-state index in [4.69, 9.17) is 9.84 Å². The minimum absolute atomic E-state index is 0.154. The minimum atomic E-state index is -1.00. The van der Waals surface area contributed by atoms with Crippen molar-refractivity contribution in [2.75, 3.05) is 0 Å². The van der Waals surface area contributed by atoms with Crippen LogP contribution in [0.2, 0.25) is 0 Å². The predicted molar refractivity (Wildman–Crippen MR) is 63.4 cm³/mol. The Kier molecular flexibility index (Phi) is 3.57. The Labute approximate surface area is 104 Å². The molecule has 0 unspecified atom stereocenters. The van der Waals surface area contributed by atoms with Crippen molar-refractivity contribution >= 4 is 5.97 Å². The first-order chi connectivity index (χ1) is 8.72. The minimum Gasteiger partial charge on any atom is -0.486 e.